The Bertz CT molecular complexity index is 388. The van der Waals surface area contributed by atoms with Crippen LogP contribution in [0.4, 0.5) is 0 Å². The molecule has 0 aliphatic carbocycles. The smallest absolute Gasteiger partial charge is 0.0578 e. The van der Waals surface area contributed by atoms with E-state index in [0.717, 1.165) is 19.6 Å². The molecule has 0 aromatic heterocycles. The van der Waals surface area contributed by atoms with Gasteiger partial charge in [-0.3, -0.25) is 4.90 Å². The van der Waals surface area contributed by atoms with Crippen molar-refractivity contribution in [3.05, 3.63) is 35.9 Å². The Hall–Kier alpha value is -1.30. The predicted octanol–water partition coefficient (Wildman–Crippen LogP) is 1.87. The van der Waals surface area contributed by atoms with Gasteiger partial charge in [0.15, 0.2) is 0 Å². The minimum atomic E-state index is 0.611. The third kappa shape index (κ3) is 3.89. The third-order valence-corrected chi connectivity index (χ3v) is 3.18. The second-order valence-corrected chi connectivity index (χ2v) is 4.51. The summed E-state index contributed by atoms with van der Waals surface area (Å²) in [6.45, 7) is 6.10. The number of hydrogen-bond donors (Lipinski definition) is 1. The summed E-state index contributed by atoms with van der Waals surface area (Å²) in [7, 11) is 0. The standard InChI is InChI=1S/C15H20N2/c1-2-3-10-16-15-9-11-17(13-15)12-14-7-5-4-6-8-14/h4-8,15-16H,9-13H2,1H3. The molecule has 1 fully saturated rings. The van der Waals surface area contributed by atoms with Crippen LogP contribution in [0.3, 0.4) is 0 Å². The molecule has 0 spiro atoms. The number of benzene rings is 1. The minimum Gasteiger partial charge on any atom is -0.302 e. The summed E-state index contributed by atoms with van der Waals surface area (Å²) < 4.78 is 0. The van der Waals surface area contributed by atoms with Gasteiger partial charge in [-0.1, -0.05) is 36.3 Å². The third-order valence-electron chi connectivity index (χ3n) is 3.18. The van der Waals surface area contributed by atoms with Crippen molar-refractivity contribution in [3.63, 3.8) is 0 Å². The lowest BCUT2D eigenvalue weighted by Crippen LogP contribution is -2.32. The van der Waals surface area contributed by atoms with Crippen LogP contribution in [-0.2, 0) is 6.54 Å². The molecule has 2 nitrogen and oxygen atoms in total. The van der Waals surface area contributed by atoms with Crippen molar-refractivity contribution < 1.29 is 0 Å². The lowest BCUT2D eigenvalue weighted by atomic mass is 10.2. The Morgan fingerprint density at radius 1 is 1.35 bits per heavy atom. The van der Waals surface area contributed by atoms with Crippen LogP contribution in [0.25, 0.3) is 0 Å². The molecule has 17 heavy (non-hydrogen) atoms. The van der Waals surface area contributed by atoms with Crippen molar-refractivity contribution in [2.45, 2.75) is 25.9 Å². The first-order valence-electron chi connectivity index (χ1n) is 6.28. The second kappa shape index (κ2) is 6.44. The fraction of sp³-hybridized carbons (Fsp3) is 0.467. The first-order valence-corrected chi connectivity index (χ1v) is 6.28. The van der Waals surface area contributed by atoms with E-state index in [9.17, 15) is 0 Å². The summed E-state index contributed by atoms with van der Waals surface area (Å²) in [6, 6.07) is 11.3. The van der Waals surface area contributed by atoms with E-state index in [0.29, 0.717) is 6.04 Å². The van der Waals surface area contributed by atoms with Gasteiger partial charge in [0.2, 0.25) is 0 Å². The van der Waals surface area contributed by atoms with Crippen molar-refractivity contribution in [1.82, 2.24) is 10.2 Å². The van der Waals surface area contributed by atoms with Crippen molar-refractivity contribution in [1.29, 1.82) is 0 Å². The Labute approximate surface area is 104 Å². The zero-order valence-corrected chi connectivity index (χ0v) is 10.4. The SMILES string of the molecule is CC#CCNC1CCN(Cc2ccccc2)C1. The molecule has 0 saturated carbocycles. The summed E-state index contributed by atoms with van der Waals surface area (Å²) in [4.78, 5) is 2.51. The van der Waals surface area contributed by atoms with Gasteiger partial charge in [-0.15, -0.1) is 5.92 Å². The molecule has 0 bridgehead atoms. The van der Waals surface area contributed by atoms with Crippen LogP contribution in [0.2, 0.25) is 0 Å². The molecular weight excluding hydrogens is 208 g/mol. The maximum atomic E-state index is 3.48. The summed E-state index contributed by atoms with van der Waals surface area (Å²) in [5, 5.41) is 3.48. The normalized spacial score (nSPS) is 19.9. The van der Waals surface area contributed by atoms with Crippen LogP contribution in [0.15, 0.2) is 30.3 Å². The summed E-state index contributed by atoms with van der Waals surface area (Å²) in [5.74, 6) is 5.98. The maximum absolute atomic E-state index is 3.48. The van der Waals surface area contributed by atoms with Crippen molar-refractivity contribution >= 4 is 0 Å². The van der Waals surface area contributed by atoms with Gasteiger partial charge in [0, 0.05) is 25.7 Å². The van der Waals surface area contributed by atoms with E-state index in [2.05, 4.69) is 52.4 Å². The van der Waals surface area contributed by atoms with Gasteiger partial charge in [0.1, 0.15) is 0 Å². The molecular formula is C15H20N2. The molecule has 0 amide bonds. The molecule has 0 radical (unpaired) electrons. The molecule has 1 aliphatic rings. The summed E-state index contributed by atoms with van der Waals surface area (Å²) in [5.41, 5.74) is 1.40. The molecule has 1 heterocycles. The fourth-order valence-electron chi connectivity index (χ4n) is 2.27. The Balaban J connectivity index is 1.76. The van der Waals surface area contributed by atoms with E-state index in [1.54, 1.807) is 0 Å². The molecule has 1 saturated heterocycles. The number of likely N-dealkylation sites (tertiary alicyclic amines) is 1. The van der Waals surface area contributed by atoms with Crippen molar-refractivity contribution in [2.24, 2.45) is 0 Å². The molecule has 2 rings (SSSR count). The number of rotatable bonds is 4. The fourth-order valence-corrected chi connectivity index (χ4v) is 2.27. The van der Waals surface area contributed by atoms with Crippen LogP contribution in [0.1, 0.15) is 18.9 Å². The number of nitrogens with zero attached hydrogens (tertiary/aromatic N) is 1. The Morgan fingerprint density at radius 2 is 2.18 bits per heavy atom. The molecule has 1 N–H and O–H groups in total. The molecule has 90 valence electrons. The zero-order chi connectivity index (χ0) is 11.9. The second-order valence-electron chi connectivity index (χ2n) is 4.51. The topological polar surface area (TPSA) is 15.3 Å². The van der Waals surface area contributed by atoms with Crippen LogP contribution in [-0.4, -0.2) is 30.6 Å². The van der Waals surface area contributed by atoms with E-state index in [-0.39, 0.29) is 0 Å². The van der Waals surface area contributed by atoms with Gasteiger partial charge in [0.05, 0.1) is 6.54 Å². The van der Waals surface area contributed by atoms with Crippen LogP contribution >= 0.6 is 0 Å². The minimum absolute atomic E-state index is 0.611. The predicted molar refractivity (Wildman–Crippen MR) is 71.6 cm³/mol. The van der Waals surface area contributed by atoms with E-state index < -0.39 is 0 Å². The number of hydrogen-bond acceptors (Lipinski definition) is 2. The summed E-state index contributed by atoms with van der Waals surface area (Å²) >= 11 is 0. The Morgan fingerprint density at radius 3 is 2.94 bits per heavy atom. The lowest BCUT2D eigenvalue weighted by Gasteiger charge is -2.16. The largest absolute Gasteiger partial charge is 0.302 e. The summed E-state index contributed by atoms with van der Waals surface area (Å²) in [6.07, 6.45) is 1.23. The van der Waals surface area contributed by atoms with Crippen molar-refractivity contribution in [3.8, 4) is 11.8 Å². The van der Waals surface area contributed by atoms with E-state index in [4.69, 9.17) is 0 Å². The highest BCUT2D eigenvalue weighted by Gasteiger charge is 2.21. The van der Waals surface area contributed by atoms with E-state index >= 15 is 0 Å². The lowest BCUT2D eigenvalue weighted by molar-refractivity contribution is 0.321. The molecule has 1 aromatic rings. The van der Waals surface area contributed by atoms with Gasteiger partial charge in [0.25, 0.3) is 0 Å². The molecule has 1 unspecified atom stereocenters. The highest BCUT2D eigenvalue weighted by molar-refractivity contribution is 5.14. The average Bonchev–Trinajstić information content (AvgIpc) is 2.79. The van der Waals surface area contributed by atoms with Crippen LogP contribution in [0.5, 0.6) is 0 Å². The molecule has 1 aliphatic heterocycles. The zero-order valence-electron chi connectivity index (χ0n) is 10.4. The highest BCUT2D eigenvalue weighted by atomic mass is 15.2. The van der Waals surface area contributed by atoms with Gasteiger partial charge in [-0.05, 0) is 18.9 Å². The van der Waals surface area contributed by atoms with Crippen molar-refractivity contribution in [2.75, 3.05) is 19.6 Å². The van der Waals surface area contributed by atoms with Crippen LogP contribution < -0.4 is 5.32 Å². The molecule has 1 atom stereocenters. The molecule has 2 heteroatoms. The first-order chi connectivity index (χ1) is 8.38. The highest BCUT2D eigenvalue weighted by Crippen LogP contribution is 2.13. The first kappa shape index (κ1) is 12.2. The van der Waals surface area contributed by atoms with E-state index in [1.807, 2.05) is 6.92 Å². The average molecular weight is 228 g/mol. The monoisotopic (exact) mass is 228 g/mol. The van der Waals surface area contributed by atoms with Gasteiger partial charge >= 0.3 is 0 Å². The van der Waals surface area contributed by atoms with Crippen LogP contribution in [0, 0.1) is 11.8 Å². The van der Waals surface area contributed by atoms with E-state index in [1.165, 1.54) is 18.5 Å². The van der Waals surface area contributed by atoms with Gasteiger partial charge in [-0.25, -0.2) is 0 Å². The van der Waals surface area contributed by atoms with Gasteiger partial charge < -0.3 is 5.32 Å². The Kier molecular flexibility index (Phi) is 4.61. The maximum Gasteiger partial charge on any atom is 0.0578 e. The molecule has 1 aromatic carbocycles. The van der Waals surface area contributed by atoms with Gasteiger partial charge in [-0.2, -0.15) is 0 Å². The quantitative estimate of drug-likeness (QED) is 0.792. The number of nitrogens with one attached hydrogen (secondary N) is 1.